The van der Waals surface area contributed by atoms with Gasteiger partial charge in [-0.1, -0.05) is 17.7 Å². The summed E-state index contributed by atoms with van der Waals surface area (Å²) in [6, 6.07) is 4.50. The molecular formula is C22H27ClFN3O3S. The molecule has 2 aromatic carbocycles. The number of halogens is 2. The SMILES string of the molecule is CC(C)(O)c1ccc([S@](N)(=O)=NC(O)Nc2c3c(c(F)c4c2CCC4)CCC3)c(Cl)c1. The molecule has 5 N–H and O–H groups in total. The number of hydrogen-bond donors (Lipinski definition) is 4. The second-order valence-electron chi connectivity index (χ2n) is 8.71. The molecule has 0 spiro atoms. The maximum absolute atomic E-state index is 14.8. The summed E-state index contributed by atoms with van der Waals surface area (Å²) in [5.74, 6) is -0.113. The average Bonchev–Trinajstić information content (AvgIpc) is 3.33. The number of aliphatic hydroxyl groups is 2. The lowest BCUT2D eigenvalue weighted by Gasteiger charge is -2.21. The van der Waals surface area contributed by atoms with Crippen LogP contribution in [0.4, 0.5) is 10.1 Å². The van der Waals surface area contributed by atoms with Gasteiger partial charge >= 0.3 is 0 Å². The minimum atomic E-state index is -3.53. The number of nitrogens with zero attached hydrogens (tertiary/aromatic N) is 1. The van der Waals surface area contributed by atoms with Crippen LogP contribution >= 0.6 is 11.6 Å². The largest absolute Gasteiger partial charge is 0.386 e. The zero-order valence-electron chi connectivity index (χ0n) is 17.5. The molecule has 9 heteroatoms. The minimum absolute atomic E-state index is 0.0672. The van der Waals surface area contributed by atoms with Crippen molar-refractivity contribution in [1.82, 2.24) is 0 Å². The van der Waals surface area contributed by atoms with Gasteiger partial charge in [0.05, 0.1) is 15.5 Å². The van der Waals surface area contributed by atoms with Gasteiger partial charge in [0.2, 0.25) is 6.35 Å². The molecule has 0 aliphatic heterocycles. The number of anilines is 1. The van der Waals surface area contributed by atoms with Gasteiger partial charge in [-0.2, -0.15) is 4.36 Å². The maximum atomic E-state index is 14.8. The molecule has 31 heavy (non-hydrogen) atoms. The molecule has 0 saturated heterocycles. The summed E-state index contributed by atoms with van der Waals surface area (Å²) in [5.41, 5.74) is 3.23. The smallest absolute Gasteiger partial charge is 0.233 e. The van der Waals surface area contributed by atoms with Gasteiger partial charge in [-0.05, 0) is 92.3 Å². The third-order valence-corrected chi connectivity index (χ3v) is 7.98. The van der Waals surface area contributed by atoms with Crippen molar-refractivity contribution in [2.75, 3.05) is 5.32 Å². The highest BCUT2D eigenvalue weighted by Gasteiger charge is 2.30. The topological polar surface area (TPSA) is 108 Å². The molecule has 0 heterocycles. The normalized spacial score (nSPS) is 18.3. The van der Waals surface area contributed by atoms with Crippen LogP contribution in [0.3, 0.4) is 0 Å². The summed E-state index contributed by atoms with van der Waals surface area (Å²) < 4.78 is 31.8. The summed E-state index contributed by atoms with van der Waals surface area (Å²) in [6.45, 7) is 3.21. The minimum Gasteiger partial charge on any atom is -0.386 e. The number of nitrogens with two attached hydrogens (primary N) is 1. The molecule has 168 valence electrons. The van der Waals surface area contributed by atoms with Crippen LogP contribution in [0.1, 0.15) is 54.5 Å². The van der Waals surface area contributed by atoms with Crippen molar-refractivity contribution in [2.24, 2.45) is 9.50 Å². The van der Waals surface area contributed by atoms with E-state index in [1.54, 1.807) is 19.9 Å². The van der Waals surface area contributed by atoms with Crippen LogP contribution < -0.4 is 10.5 Å². The van der Waals surface area contributed by atoms with Crippen molar-refractivity contribution >= 4 is 27.2 Å². The first-order valence-corrected chi connectivity index (χ1v) is 12.3. The first-order valence-electron chi connectivity index (χ1n) is 10.3. The highest BCUT2D eigenvalue weighted by atomic mass is 35.5. The van der Waals surface area contributed by atoms with E-state index in [2.05, 4.69) is 9.68 Å². The monoisotopic (exact) mass is 467 g/mol. The van der Waals surface area contributed by atoms with Gasteiger partial charge in [0.25, 0.3) is 0 Å². The molecule has 2 aliphatic rings. The molecule has 0 radical (unpaired) electrons. The van der Waals surface area contributed by atoms with Crippen molar-refractivity contribution < 1.29 is 18.8 Å². The van der Waals surface area contributed by atoms with Crippen LogP contribution in [-0.2, 0) is 41.2 Å². The quantitative estimate of drug-likeness (QED) is 0.502. The Kier molecular flexibility index (Phi) is 5.81. The highest BCUT2D eigenvalue weighted by Crippen LogP contribution is 2.41. The first kappa shape index (κ1) is 22.5. The number of rotatable bonds is 5. The molecule has 0 amide bonds. The molecular weight excluding hydrogens is 441 g/mol. The lowest BCUT2D eigenvalue weighted by Crippen LogP contribution is -2.24. The Morgan fingerprint density at radius 3 is 2.23 bits per heavy atom. The van der Waals surface area contributed by atoms with E-state index in [9.17, 15) is 18.8 Å². The Morgan fingerprint density at radius 2 is 1.71 bits per heavy atom. The van der Waals surface area contributed by atoms with Gasteiger partial charge in [-0.15, -0.1) is 0 Å². The molecule has 2 atom stereocenters. The molecule has 2 aromatic rings. The summed E-state index contributed by atoms with van der Waals surface area (Å²) in [7, 11) is -3.53. The number of nitrogens with one attached hydrogen (secondary N) is 1. The zero-order valence-corrected chi connectivity index (χ0v) is 19.1. The lowest BCUT2D eigenvalue weighted by molar-refractivity contribution is 0.0785. The first-order chi connectivity index (χ1) is 14.5. The molecule has 4 rings (SSSR count). The fourth-order valence-corrected chi connectivity index (χ4v) is 6.12. The number of fused-ring (bicyclic) bond motifs is 2. The molecule has 2 aliphatic carbocycles. The average molecular weight is 468 g/mol. The van der Waals surface area contributed by atoms with Crippen molar-refractivity contribution in [3.63, 3.8) is 0 Å². The van der Waals surface area contributed by atoms with E-state index in [1.165, 1.54) is 12.1 Å². The maximum Gasteiger partial charge on any atom is 0.233 e. The standard InChI is InChI=1S/C22H27ClFN3O3S/c1-22(2,29)12-9-10-18(17(23)11-12)31(25,30)27-21(28)26-20-15-7-3-5-13(15)19(24)14-6-4-8-16(14)20/h9-11,21,26,28-29H,3-8H2,1-2H3,(H2,25,27,30)/t21?,31-/m1/s1. The summed E-state index contributed by atoms with van der Waals surface area (Å²) >= 11 is 6.26. The van der Waals surface area contributed by atoms with E-state index >= 15 is 0 Å². The summed E-state index contributed by atoms with van der Waals surface area (Å²) in [4.78, 5) is 0.0672. The van der Waals surface area contributed by atoms with Crippen LogP contribution in [0.25, 0.3) is 0 Å². The Bertz CT molecular complexity index is 1130. The Morgan fingerprint density at radius 1 is 1.16 bits per heavy atom. The van der Waals surface area contributed by atoms with Gasteiger partial charge in [0, 0.05) is 5.69 Å². The fourth-order valence-electron chi connectivity index (χ4n) is 4.54. The fraction of sp³-hybridized carbons (Fsp3) is 0.455. The third kappa shape index (κ3) is 4.19. The van der Waals surface area contributed by atoms with E-state index in [4.69, 9.17) is 16.7 Å². The second-order valence-corrected chi connectivity index (χ2v) is 10.9. The number of hydrogen-bond acceptors (Lipinski definition) is 5. The van der Waals surface area contributed by atoms with Crippen LogP contribution in [-0.4, -0.2) is 20.8 Å². The predicted octanol–water partition coefficient (Wildman–Crippen LogP) is 3.77. The second kappa shape index (κ2) is 8.01. The molecule has 0 aromatic heterocycles. The number of aliphatic hydroxyl groups excluding tert-OH is 1. The zero-order chi connectivity index (χ0) is 22.6. The van der Waals surface area contributed by atoms with Crippen LogP contribution in [0.15, 0.2) is 27.5 Å². The van der Waals surface area contributed by atoms with Crippen LogP contribution in [0, 0.1) is 5.82 Å². The van der Waals surface area contributed by atoms with Gasteiger partial charge in [-0.3, -0.25) is 0 Å². The van der Waals surface area contributed by atoms with Gasteiger partial charge in [-0.25, -0.2) is 13.7 Å². The molecule has 0 fully saturated rings. The van der Waals surface area contributed by atoms with Gasteiger partial charge in [0.15, 0.2) is 0 Å². The molecule has 6 nitrogen and oxygen atoms in total. The van der Waals surface area contributed by atoms with Crippen LogP contribution in [0.2, 0.25) is 5.02 Å². The van der Waals surface area contributed by atoms with Crippen LogP contribution in [0.5, 0.6) is 0 Å². The predicted molar refractivity (Wildman–Crippen MR) is 120 cm³/mol. The van der Waals surface area contributed by atoms with E-state index in [1.807, 2.05) is 0 Å². The lowest BCUT2D eigenvalue weighted by atomic mass is 9.98. The van der Waals surface area contributed by atoms with E-state index in [0.717, 1.165) is 36.8 Å². The molecule has 0 saturated carbocycles. The van der Waals surface area contributed by atoms with Gasteiger partial charge < -0.3 is 15.5 Å². The Labute approximate surface area is 186 Å². The summed E-state index contributed by atoms with van der Waals surface area (Å²) in [5, 5.41) is 29.7. The van der Waals surface area contributed by atoms with E-state index in [0.29, 0.717) is 35.2 Å². The van der Waals surface area contributed by atoms with Crippen molar-refractivity contribution in [3.8, 4) is 0 Å². The van der Waals surface area contributed by atoms with Crippen molar-refractivity contribution in [3.05, 3.63) is 56.9 Å². The number of benzene rings is 2. The Balaban J connectivity index is 1.68. The van der Waals surface area contributed by atoms with Crippen molar-refractivity contribution in [2.45, 2.75) is 69.2 Å². The third-order valence-electron chi connectivity index (χ3n) is 6.05. The summed E-state index contributed by atoms with van der Waals surface area (Å²) in [6.07, 6.45) is 2.94. The van der Waals surface area contributed by atoms with E-state index in [-0.39, 0.29) is 15.7 Å². The van der Waals surface area contributed by atoms with Gasteiger partial charge in [0.1, 0.15) is 15.7 Å². The van der Waals surface area contributed by atoms with E-state index < -0.39 is 21.9 Å². The molecule has 0 bridgehead atoms. The van der Waals surface area contributed by atoms with Crippen molar-refractivity contribution in [1.29, 1.82) is 0 Å². The molecule has 1 unspecified atom stereocenters. The highest BCUT2D eigenvalue weighted by molar-refractivity contribution is 7.91. The Hall–Kier alpha value is -1.71.